The summed E-state index contributed by atoms with van der Waals surface area (Å²) in [5.41, 5.74) is 0.326. The summed E-state index contributed by atoms with van der Waals surface area (Å²) in [6, 6.07) is 0. The fourth-order valence-corrected chi connectivity index (χ4v) is 1.37. The number of aromatic amines is 1. The number of nitrogens with zero attached hydrogens (tertiary/aromatic N) is 3. The van der Waals surface area contributed by atoms with Crippen molar-refractivity contribution >= 4 is 17.6 Å². The molecule has 0 aliphatic rings. The number of hydrogen-bond acceptors (Lipinski definition) is 8. The van der Waals surface area contributed by atoms with E-state index in [0.29, 0.717) is 18.1 Å². The Balaban J connectivity index is 2.16. The van der Waals surface area contributed by atoms with Crippen molar-refractivity contribution in [3.05, 3.63) is 10.6 Å². The molecule has 0 atom stereocenters. The minimum absolute atomic E-state index is 0.193. The fourth-order valence-electron chi connectivity index (χ4n) is 1.06. The standard InChI is InChI=1S/C7H9N5O3S/c1-16-3-2-8-5-4(10-15-12-5)6-9-7(13)14-11-6/h2-3H2,1H3,(H,8,12)(H,9,11,13). The van der Waals surface area contributed by atoms with Gasteiger partial charge in [0.2, 0.25) is 11.6 Å². The van der Waals surface area contributed by atoms with Crippen LogP contribution in [0.5, 0.6) is 0 Å². The first kappa shape index (κ1) is 10.7. The van der Waals surface area contributed by atoms with Gasteiger partial charge in [-0.25, -0.2) is 9.42 Å². The molecule has 9 heteroatoms. The second-order valence-electron chi connectivity index (χ2n) is 2.82. The Bertz CT molecular complexity index is 504. The summed E-state index contributed by atoms with van der Waals surface area (Å²) in [4.78, 5) is 13.1. The zero-order valence-corrected chi connectivity index (χ0v) is 9.21. The molecule has 2 aromatic heterocycles. The van der Waals surface area contributed by atoms with E-state index in [-0.39, 0.29) is 5.82 Å². The maximum absolute atomic E-state index is 10.8. The van der Waals surface area contributed by atoms with Crippen LogP contribution in [0.15, 0.2) is 13.9 Å². The molecule has 86 valence electrons. The van der Waals surface area contributed by atoms with Gasteiger partial charge in [0.1, 0.15) is 0 Å². The highest BCUT2D eigenvalue weighted by molar-refractivity contribution is 7.98. The van der Waals surface area contributed by atoms with E-state index in [1.165, 1.54) is 0 Å². The topological polar surface area (TPSA) is 110 Å². The van der Waals surface area contributed by atoms with Gasteiger partial charge >= 0.3 is 5.76 Å². The summed E-state index contributed by atoms with van der Waals surface area (Å²) < 4.78 is 8.93. The molecule has 0 saturated carbocycles. The quantitative estimate of drug-likeness (QED) is 0.716. The number of thioether (sulfide) groups is 1. The third-order valence-electron chi connectivity index (χ3n) is 1.75. The zero-order valence-electron chi connectivity index (χ0n) is 8.39. The summed E-state index contributed by atoms with van der Waals surface area (Å²) in [6.45, 7) is 0.713. The Labute approximate surface area is 93.7 Å². The number of nitrogens with one attached hydrogen (secondary N) is 2. The van der Waals surface area contributed by atoms with Crippen molar-refractivity contribution in [1.82, 2.24) is 20.5 Å². The molecule has 2 aromatic rings. The number of aromatic nitrogens is 4. The van der Waals surface area contributed by atoms with Crippen LogP contribution in [0.1, 0.15) is 0 Å². The van der Waals surface area contributed by atoms with Crippen LogP contribution in [-0.4, -0.2) is 39.0 Å². The smallest absolute Gasteiger partial charge is 0.364 e. The molecule has 0 saturated heterocycles. The number of anilines is 1. The van der Waals surface area contributed by atoms with E-state index < -0.39 is 5.76 Å². The Morgan fingerprint density at radius 2 is 2.31 bits per heavy atom. The molecule has 8 nitrogen and oxygen atoms in total. The van der Waals surface area contributed by atoms with Gasteiger partial charge in [0.15, 0.2) is 5.69 Å². The molecule has 0 bridgehead atoms. The molecule has 2 rings (SSSR count). The lowest BCUT2D eigenvalue weighted by Gasteiger charge is -1.99. The summed E-state index contributed by atoms with van der Waals surface area (Å²) in [5, 5.41) is 13.8. The van der Waals surface area contributed by atoms with E-state index in [1.54, 1.807) is 11.8 Å². The van der Waals surface area contributed by atoms with Crippen LogP contribution < -0.4 is 11.1 Å². The lowest BCUT2D eigenvalue weighted by molar-refractivity contribution is 0.309. The van der Waals surface area contributed by atoms with Gasteiger partial charge in [-0.3, -0.25) is 9.51 Å². The predicted molar refractivity (Wildman–Crippen MR) is 57.3 cm³/mol. The maximum Gasteiger partial charge on any atom is 0.439 e. The third-order valence-corrected chi connectivity index (χ3v) is 2.36. The van der Waals surface area contributed by atoms with Crippen LogP contribution >= 0.6 is 11.8 Å². The lowest BCUT2D eigenvalue weighted by Crippen LogP contribution is -2.05. The summed E-state index contributed by atoms with van der Waals surface area (Å²) in [6.07, 6.45) is 2.00. The highest BCUT2D eigenvalue weighted by Crippen LogP contribution is 2.19. The molecule has 2 heterocycles. The van der Waals surface area contributed by atoms with E-state index in [9.17, 15) is 4.79 Å². The van der Waals surface area contributed by atoms with E-state index in [2.05, 4.69) is 34.9 Å². The van der Waals surface area contributed by atoms with Gasteiger partial charge in [-0.15, -0.1) is 0 Å². The maximum atomic E-state index is 10.8. The first-order chi connectivity index (χ1) is 7.81. The minimum atomic E-state index is -0.645. The fraction of sp³-hybridized carbons (Fsp3) is 0.429. The van der Waals surface area contributed by atoms with Gasteiger partial charge in [-0.05, 0) is 16.6 Å². The minimum Gasteiger partial charge on any atom is -0.364 e. The SMILES string of the molecule is CSCCNc1nonc1-c1noc(=O)[nH]1. The van der Waals surface area contributed by atoms with E-state index in [4.69, 9.17) is 0 Å². The predicted octanol–water partition coefficient (Wildman–Crippen LogP) is 0.188. The van der Waals surface area contributed by atoms with Crippen molar-refractivity contribution in [1.29, 1.82) is 0 Å². The molecule has 0 aliphatic carbocycles. The van der Waals surface area contributed by atoms with Crippen molar-refractivity contribution in [3.63, 3.8) is 0 Å². The molecule has 0 fully saturated rings. The van der Waals surface area contributed by atoms with Crippen LogP contribution in [0.2, 0.25) is 0 Å². The Morgan fingerprint density at radius 3 is 3.00 bits per heavy atom. The van der Waals surface area contributed by atoms with Crippen LogP contribution in [0, 0.1) is 0 Å². The molecule has 0 aromatic carbocycles. The highest BCUT2D eigenvalue weighted by atomic mass is 32.2. The Hall–Kier alpha value is -1.77. The van der Waals surface area contributed by atoms with Gasteiger partial charge in [0, 0.05) is 12.3 Å². The average Bonchev–Trinajstić information content (AvgIpc) is 2.87. The van der Waals surface area contributed by atoms with Gasteiger partial charge in [0.05, 0.1) is 0 Å². The van der Waals surface area contributed by atoms with Gasteiger partial charge in [0.25, 0.3) is 0 Å². The molecule has 0 unspecified atom stereocenters. The Morgan fingerprint density at radius 1 is 1.44 bits per heavy atom. The molecular weight excluding hydrogens is 234 g/mol. The van der Waals surface area contributed by atoms with Gasteiger partial charge in [-0.1, -0.05) is 5.16 Å². The first-order valence-electron chi connectivity index (χ1n) is 4.43. The summed E-state index contributed by atoms with van der Waals surface area (Å²) in [5.74, 6) is 0.895. The van der Waals surface area contributed by atoms with Gasteiger partial charge in [-0.2, -0.15) is 11.8 Å². The average molecular weight is 243 g/mol. The van der Waals surface area contributed by atoms with Crippen molar-refractivity contribution in [3.8, 4) is 11.5 Å². The van der Waals surface area contributed by atoms with Crippen molar-refractivity contribution < 1.29 is 9.15 Å². The second kappa shape index (κ2) is 4.84. The van der Waals surface area contributed by atoms with Crippen molar-refractivity contribution in [2.75, 3.05) is 23.9 Å². The van der Waals surface area contributed by atoms with Crippen LogP contribution in [0.4, 0.5) is 5.82 Å². The zero-order chi connectivity index (χ0) is 11.4. The largest absolute Gasteiger partial charge is 0.439 e. The first-order valence-corrected chi connectivity index (χ1v) is 5.82. The van der Waals surface area contributed by atoms with Crippen LogP contribution in [0.3, 0.4) is 0 Å². The lowest BCUT2D eigenvalue weighted by atomic mass is 10.4. The van der Waals surface area contributed by atoms with E-state index in [0.717, 1.165) is 5.75 Å². The Kier molecular flexibility index (Phi) is 3.25. The van der Waals surface area contributed by atoms with Gasteiger partial charge < -0.3 is 5.32 Å². The number of H-pyrrole nitrogens is 1. The molecule has 0 radical (unpaired) electrons. The van der Waals surface area contributed by atoms with Crippen molar-refractivity contribution in [2.24, 2.45) is 0 Å². The molecule has 0 aliphatic heterocycles. The second-order valence-corrected chi connectivity index (χ2v) is 3.81. The normalized spacial score (nSPS) is 10.6. The monoisotopic (exact) mass is 243 g/mol. The molecule has 2 N–H and O–H groups in total. The van der Waals surface area contributed by atoms with Crippen molar-refractivity contribution in [2.45, 2.75) is 0 Å². The number of rotatable bonds is 5. The summed E-state index contributed by atoms with van der Waals surface area (Å²) in [7, 11) is 0. The highest BCUT2D eigenvalue weighted by Gasteiger charge is 2.16. The van der Waals surface area contributed by atoms with Crippen LogP contribution in [-0.2, 0) is 0 Å². The molecular formula is C7H9N5O3S. The summed E-state index contributed by atoms with van der Waals surface area (Å²) >= 11 is 1.70. The molecule has 0 spiro atoms. The number of hydrogen-bond donors (Lipinski definition) is 2. The molecule has 0 amide bonds. The van der Waals surface area contributed by atoms with E-state index in [1.807, 2.05) is 6.26 Å². The third kappa shape index (κ3) is 2.24. The molecule has 16 heavy (non-hydrogen) atoms. The van der Waals surface area contributed by atoms with E-state index >= 15 is 0 Å². The van der Waals surface area contributed by atoms with Crippen LogP contribution in [0.25, 0.3) is 11.5 Å².